The van der Waals surface area contributed by atoms with Crippen LogP contribution in [0, 0.1) is 0 Å². The van der Waals surface area contributed by atoms with Crippen molar-refractivity contribution in [1.82, 2.24) is 10.6 Å². The van der Waals surface area contributed by atoms with Gasteiger partial charge in [0.05, 0.1) is 6.10 Å². The van der Waals surface area contributed by atoms with Gasteiger partial charge in [0.15, 0.2) is 0 Å². The molecule has 0 radical (unpaired) electrons. The number of hydrogen-bond acceptors (Lipinski definition) is 4. The first-order valence-electron chi connectivity index (χ1n) is 6.96. The molecule has 1 saturated carbocycles. The van der Waals surface area contributed by atoms with Gasteiger partial charge in [-0.05, 0) is 47.9 Å². The first kappa shape index (κ1) is 15.7. The third kappa shape index (κ3) is 4.68. The Morgan fingerprint density at radius 1 is 1.60 bits per heavy atom. The van der Waals surface area contributed by atoms with Crippen molar-refractivity contribution in [3.63, 3.8) is 0 Å². The molecule has 0 saturated heterocycles. The van der Waals surface area contributed by atoms with Gasteiger partial charge >= 0.3 is 6.03 Å². The number of hydrogen-bond donors (Lipinski definition) is 3. The second-order valence-electron chi connectivity index (χ2n) is 5.15. The van der Waals surface area contributed by atoms with Gasteiger partial charge in [0.2, 0.25) is 0 Å². The van der Waals surface area contributed by atoms with Crippen molar-refractivity contribution < 1.29 is 9.90 Å². The summed E-state index contributed by atoms with van der Waals surface area (Å²) >= 11 is 3.43. The number of urea groups is 1. The van der Waals surface area contributed by atoms with Gasteiger partial charge in [-0.1, -0.05) is 6.42 Å². The Hall–Kier alpha value is -0.720. The molecule has 0 bridgehead atoms. The first-order chi connectivity index (χ1) is 9.69. The lowest BCUT2D eigenvalue weighted by Gasteiger charge is -2.28. The maximum absolute atomic E-state index is 11.8. The molecule has 0 spiro atoms. The Morgan fingerprint density at radius 2 is 2.45 bits per heavy atom. The second kappa shape index (κ2) is 7.90. The Bertz CT molecular complexity index is 411. The van der Waals surface area contributed by atoms with E-state index >= 15 is 0 Å². The molecule has 1 aromatic heterocycles. The van der Waals surface area contributed by atoms with Crippen molar-refractivity contribution in [2.45, 2.75) is 43.1 Å². The number of aliphatic hydroxyl groups excluding tert-OH is 1. The van der Waals surface area contributed by atoms with E-state index in [1.807, 2.05) is 28.6 Å². The van der Waals surface area contributed by atoms with E-state index in [4.69, 9.17) is 0 Å². The third-order valence-corrected chi connectivity index (χ3v) is 5.47. The number of rotatable bonds is 5. The van der Waals surface area contributed by atoms with E-state index in [0.717, 1.165) is 18.4 Å². The molecule has 0 aromatic carbocycles. The predicted octanol–water partition coefficient (Wildman–Crippen LogP) is 2.75. The van der Waals surface area contributed by atoms with Gasteiger partial charge < -0.3 is 15.7 Å². The predicted molar refractivity (Wildman–Crippen MR) is 85.4 cm³/mol. The first-order valence-corrected chi connectivity index (χ1v) is 9.19. The summed E-state index contributed by atoms with van der Waals surface area (Å²) in [7, 11) is 0. The zero-order valence-corrected chi connectivity index (χ0v) is 13.3. The van der Waals surface area contributed by atoms with E-state index in [1.165, 1.54) is 12.8 Å². The number of thioether (sulfide) groups is 1. The van der Waals surface area contributed by atoms with Crippen molar-refractivity contribution in [2.75, 3.05) is 12.8 Å². The summed E-state index contributed by atoms with van der Waals surface area (Å²) < 4.78 is 0. The molecule has 0 aliphatic heterocycles. The quantitative estimate of drug-likeness (QED) is 0.783. The molecule has 1 heterocycles. The van der Waals surface area contributed by atoms with Crippen molar-refractivity contribution in [2.24, 2.45) is 0 Å². The minimum Gasteiger partial charge on any atom is -0.387 e. The highest BCUT2D eigenvalue weighted by Gasteiger charge is 2.22. The molecule has 1 aromatic rings. The largest absolute Gasteiger partial charge is 0.387 e. The SMILES string of the molecule is CSC1CCCC(NC(=O)NCC(O)c2ccsc2)C1. The summed E-state index contributed by atoms with van der Waals surface area (Å²) in [5.41, 5.74) is 0.857. The van der Waals surface area contributed by atoms with E-state index in [0.29, 0.717) is 5.25 Å². The summed E-state index contributed by atoms with van der Waals surface area (Å²) in [6, 6.07) is 1.96. The van der Waals surface area contributed by atoms with Gasteiger partial charge in [0.25, 0.3) is 0 Å². The zero-order valence-electron chi connectivity index (χ0n) is 11.7. The van der Waals surface area contributed by atoms with Gasteiger partial charge in [0, 0.05) is 17.8 Å². The minimum absolute atomic E-state index is 0.175. The van der Waals surface area contributed by atoms with Crippen LogP contribution in [0.2, 0.25) is 0 Å². The fourth-order valence-electron chi connectivity index (χ4n) is 2.50. The molecule has 2 rings (SSSR count). The molecular formula is C14H22N2O2S2. The van der Waals surface area contributed by atoms with Crippen LogP contribution in [0.3, 0.4) is 0 Å². The molecule has 1 aliphatic carbocycles. The molecule has 2 amide bonds. The second-order valence-corrected chi connectivity index (χ2v) is 7.07. The van der Waals surface area contributed by atoms with E-state index in [-0.39, 0.29) is 18.6 Å². The lowest BCUT2D eigenvalue weighted by molar-refractivity contribution is 0.172. The van der Waals surface area contributed by atoms with Crippen LogP contribution in [0.25, 0.3) is 0 Å². The van der Waals surface area contributed by atoms with Crippen LogP contribution in [0.4, 0.5) is 4.79 Å². The summed E-state index contributed by atoms with van der Waals surface area (Å²) in [5, 5.41) is 20.1. The number of amides is 2. The number of aliphatic hydroxyl groups is 1. The molecule has 4 nitrogen and oxygen atoms in total. The smallest absolute Gasteiger partial charge is 0.315 e. The lowest BCUT2D eigenvalue weighted by Crippen LogP contribution is -2.45. The van der Waals surface area contributed by atoms with Crippen molar-refractivity contribution in [1.29, 1.82) is 0 Å². The van der Waals surface area contributed by atoms with Crippen LogP contribution in [0.15, 0.2) is 16.8 Å². The van der Waals surface area contributed by atoms with Gasteiger partial charge in [-0.3, -0.25) is 0 Å². The fourth-order valence-corrected chi connectivity index (χ4v) is 4.03. The van der Waals surface area contributed by atoms with Crippen LogP contribution in [0.5, 0.6) is 0 Å². The Balaban J connectivity index is 1.70. The van der Waals surface area contributed by atoms with E-state index in [1.54, 1.807) is 11.3 Å². The summed E-state index contributed by atoms with van der Waals surface area (Å²) in [6.07, 6.45) is 6.02. The molecule has 6 heteroatoms. The fraction of sp³-hybridized carbons (Fsp3) is 0.643. The number of thiophene rings is 1. The number of nitrogens with one attached hydrogen (secondary N) is 2. The monoisotopic (exact) mass is 314 g/mol. The summed E-state index contributed by atoms with van der Waals surface area (Å²) in [4.78, 5) is 11.8. The normalized spacial score (nSPS) is 24.1. The van der Waals surface area contributed by atoms with Gasteiger partial charge in [-0.2, -0.15) is 23.1 Å². The number of carbonyl (C=O) groups excluding carboxylic acids is 1. The molecule has 3 atom stereocenters. The van der Waals surface area contributed by atoms with Gasteiger partial charge in [0.1, 0.15) is 0 Å². The van der Waals surface area contributed by atoms with Gasteiger partial charge in [-0.25, -0.2) is 4.79 Å². The maximum atomic E-state index is 11.8. The standard InChI is InChI=1S/C14H22N2O2S2/c1-19-12-4-2-3-11(7-12)16-14(18)15-8-13(17)10-5-6-20-9-10/h5-6,9,11-13,17H,2-4,7-8H2,1H3,(H2,15,16,18). The summed E-state index contributed by atoms with van der Waals surface area (Å²) in [6.45, 7) is 0.251. The maximum Gasteiger partial charge on any atom is 0.315 e. The van der Waals surface area contributed by atoms with Crippen LogP contribution in [-0.2, 0) is 0 Å². The molecule has 3 unspecified atom stereocenters. The molecule has 1 fully saturated rings. The molecule has 1 aliphatic rings. The average Bonchev–Trinajstić information content (AvgIpc) is 2.99. The average molecular weight is 314 g/mol. The van der Waals surface area contributed by atoms with Crippen LogP contribution in [0.1, 0.15) is 37.4 Å². The van der Waals surface area contributed by atoms with Crippen molar-refractivity contribution >= 4 is 29.1 Å². The Morgan fingerprint density at radius 3 is 3.15 bits per heavy atom. The number of carbonyl (C=O) groups is 1. The highest BCUT2D eigenvalue weighted by atomic mass is 32.2. The topological polar surface area (TPSA) is 61.4 Å². The van der Waals surface area contributed by atoms with Crippen molar-refractivity contribution in [3.8, 4) is 0 Å². The van der Waals surface area contributed by atoms with Crippen LogP contribution in [-0.4, -0.2) is 35.2 Å². The molecular weight excluding hydrogens is 292 g/mol. The Labute approximate surface area is 128 Å². The van der Waals surface area contributed by atoms with E-state index in [2.05, 4.69) is 16.9 Å². The third-order valence-electron chi connectivity index (χ3n) is 3.68. The van der Waals surface area contributed by atoms with E-state index in [9.17, 15) is 9.90 Å². The summed E-state index contributed by atoms with van der Waals surface area (Å²) in [5.74, 6) is 0. The van der Waals surface area contributed by atoms with Gasteiger partial charge in [-0.15, -0.1) is 0 Å². The molecule has 112 valence electrons. The highest BCUT2D eigenvalue weighted by molar-refractivity contribution is 7.99. The zero-order chi connectivity index (χ0) is 14.4. The minimum atomic E-state index is -0.627. The van der Waals surface area contributed by atoms with E-state index < -0.39 is 6.10 Å². The Kier molecular flexibility index (Phi) is 6.19. The lowest BCUT2D eigenvalue weighted by atomic mass is 9.95. The van der Waals surface area contributed by atoms with Crippen LogP contribution >= 0.6 is 23.1 Å². The van der Waals surface area contributed by atoms with Crippen molar-refractivity contribution in [3.05, 3.63) is 22.4 Å². The molecule has 20 heavy (non-hydrogen) atoms. The molecule has 3 N–H and O–H groups in total. The van der Waals surface area contributed by atoms with Crippen LogP contribution < -0.4 is 10.6 Å². The highest BCUT2D eigenvalue weighted by Crippen LogP contribution is 2.26.